The van der Waals surface area contributed by atoms with Gasteiger partial charge in [0.15, 0.2) is 0 Å². The number of benzene rings is 1. The van der Waals surface area contributed by atoms with Gasteiger partial charge in [-0.2, -0.15) is 15.6 Å². The van der Waals surface area contributed by atoms with E-state index in [0.29, 0.717) is 33.8 Å². The Morgan fingerprint density at radius 1 is 1.20 bits per heavy atom. The number of ether oxygens (including phenoxy) is 1. The average molecular weight is 445 g/mol. The van der Waals surface area contributed by atoms with Gasteiger partial charge in [0.25, 0.3) is 5.91 Å². The minimum atomic E-state index is -3.47. The summed E-state index contributed by atoms with van der Waals surface area (Å²) in [6.07, 6.45) is 0. The molecule has 1 amide bonds. The van der Waals surface area contributed by atoms with Crippen LogP contribution in [0.25, 0.3) is 0 Å². The topological polar surface area (TPSA) is 66.9 Å². The van der Waals surface area contributed by atoms with E-state index in [1.54, 1.807) is 47.0 Å². The summed E-state index contributed by atoms with van der Waals surface area (Å²) in [6, 6.07) is 6.82. The zero-order valence-corrected chi connectivity index (χ0v) is 16.7. The van der Waals surface area contributed by atoms with Crippen molar-refractivity contribution in [3.05, 3.63) is 45.1 Å². The van der Waals surface area contributed by atoms with Gasteiger partial charge in [-0.3, -0.25) is 4.79 Å². The molecule has 9 heteroatoms. The molecule has 1 saturated heterocycles. The van der Waals surface area contributed by atoms with Crippen LogP contribution in [0.5, 0.6) is 5.75 Å². The van der Waals surface area contributed by atoms with Crippen LogP contribution in [0.15, 0.2) is 44.4 Å². The molecule has 0 bridgehead atoms. The highest BCUT2D eigenvalue weighted by molar-refractivity contribution is 9.10. The van der Waals surface area contributed by atoms with E-state index in [1.807, 2.05) is 0 Å². The van der Waals surface area contributed by atoms with Crippen LogP contribution >= 0.6 is 27.3 Å². The molecule has 1 aromatic heterocycles. The number of amides is 1. The van der Waals surface area contributed by atoms with E-state index in [-0.39, 0.29) is 19.0 Å². The number of sulfonamides is 1. The SMILES string of the molecule is COc1ccc(Br)c(C(=O)N2CCN(S(=O)(=O)c3ccsc3)CC2)c1. The molecule has 0 N–H and O–H groups in total. The van der Waals surface area contributed by atoms with Crippen molar-refractivity contribution in [1.82, 2.24) is 9.21 Å². The number of carbonyl (C=O) groups is 1. The normalized spacial score (nSPS) is 16.0. The predicted molar refractivity (Wildman–Crippen MR) is 99.7 cm³/mol. The molecule has 1 aromatic carbocycles. The van der Waals surface area contributed by atoms with Crippen LogP contribution in [-0.2, 0) is 10.0 Å². The Morgan fingerprint density at radius 3 is 2.52 bits per heavy atom. The molecule has 3 rings (SSSR count). The molecule has 0 radical (unpaired) electrons. The molecule has 1 fully saturated rings. The molecule has 0 unspecified atom stereocenters. The Balaban J connectivity index is 1.71. The first kappa shape index (κ1) is 18.4. The van der Waals surface area contributed by atoms with Gasteiger partial charge in [-0.05, 0) is 45.6 Å². The van der Waals surface area contributed by atoms with Crippen molar-refractivity contribution in [3.8, 4) is 5.75 Å². The third kappa shape index (κ3) is 3.74. The predicted octanol–water partition coefficient (Wildman–Crippen LogP) is 2.67. The van der Waals surface area contributed by atoms with Crippen LogP contribution in [0.4, 0.5) is 0 Å². The molecule has 0 atom stereocenters. The number of halogens is 1. The number of rotatable bonds is 4. The van der Waals surface area contributed by atoms with E-state index in [1.165, 1.54) is 15.6 Å². The summed E-state index contributed by atoms with van der Waals surface area (Å²) in [7, 11) is -1.93. The first-order chi connectivity index (χ1) is 11.9. The van der Waals surface area contributed by atoms with Gasteiger partial charge >= 0.3 is 0 Å². The Kier molecular flexibility index (Phi) is 5.47. The lowest BCUT2D eigenvalue weighted by Crippen LogP contribution is -2.50. The number of methoxy groups -OCH3 is 1. The first-order valence-electron chi connectivity index (χ1n) is 7.58. The minimum Gasteiger partial charge on any atom is -0.497 e. The summed E-state index contributed by atoms with van der Waals surface area (Å²) in [5.41, 5.74) is 0.508. The lowest BCUT2D eigenvalue weighted by atomic mass is 10.1. The van der Waals surface area contributed by atoms with Gasteiger partial charge in [0.2, 0.25) is 10.0 Å². The summed E-state index contributed by atoms with van der Waals surface area (Å²) >= 11 is 4.74. The number of piperazine rings is 1. The lowest BCUT2D eigenvalue weighted by Gasteiger charge is -2.34. The summed E-state index contributed by atoms with van der Waals surface area (Å²) in [6.45, 7) is 1.27. The Morgan fingerprint density at radius 2 is 1.92 bits per heavy atom. The third-order valence-corrected chi connectivity index (χ3v) is 7.48. The molecule has 0 aliphatic carbocycles. The maximum absolute atomic E-state index is 12.7. The van der Waals surface area contributed by atoms with Crippen LogP contribution in [0.2, 0.25) is 0 Å². The lowest BCUT2D eigenvalue weighted by molar-refractivity contribution is 0.0696. The maximum Gasteiger partial charge on any atom is 0.255 e. The number of hydrogen-bond donors (Lipinski definition) is 0. The molecule has 1 aliphatic heterocycles. The van der Waals surface area contributed by atoms with Crippen molar-refractivity contribution < 1.29 is 17.9 Å². The maximum atomic E-state index is 12.7. The Bertz CT molecular complexity index is 860. The van der Waals surface area contributed by atoms with Crippen molar-refractivity contribution in [2.45, 2.75) is 4.90 Å². The van der Waals surface area contributed by atoms with Gasteiger partial charge < -0.3 is 9.64 Å². The molecule has 6 nitrogen and oxygen atoms in total. The van der Waals surface area contributed by atoms with E-state index < -0.39 is 10.0 Å². The van der Waals surface area contributed by atoms with Crippen LogP contribution in [-0.4, -0.2) is 56.8 Å². The molecule has 2 aromatic rings. The van der Waals surface area contributed by atoms with E-state index in [9.17, 15) is 13.2 Å². The third-order valence-electron chi connectivity index (χ3n) is 4.06. The highest BCUT2D eigenvalue weighted by Gasteiger charge is 2.31. The zero-order chi connectivity index (χ0) is 18.0. The van der Waals surface area contributed by atoms with Gasteiger partial charge in [-0.15, -0.1) is 0 Å². The van der Waals surface area contributed by atoms with Crippen LogP contribution < -0.4 is 4.74 Å². The molecule has 0 spiro atoms. The van der Waals surface area contributed by atoms with Gasteiger partial charge in [-0.25, -0.2) is 8.42 Å². The van der Waals surface area contributed by atoms with E-state index >= 15 is 0 Å². The summed E-state index contributed by atoms with van der Waals surface area (Å²) in [4.78, 5) is 14.7. The number of nitrogens with zero attached hydrogens (tertiary/aromatic N) is 2. The fourth-order valence-electron chi connectivity index (χ4n) is 2.64. The van der Waals surface area contributed by atoms with Gasteiger partial charge in [-0.1, -0.05) is 0 Å². The summed E-state index contributed by atoms with van der Waals surface area (Å²) in [5, 5.41) is 3.37. The minimum absolute atomic E-state index is 0.140. The van der Waals surface area contributed by atoms with E-state index in [4.69, 9.17) is 4.74 Å². The monoisotopic (exact) mass is 444 g/mol. The number of carbonyl (C=O) groups excluding carboxylic acids is 1. The second-order valence-corrected chi connectivity index (χ2v) is 9.07. The molecule has 1 aliphatic rings. The van der Waals surface area contributed by atoms with Crippen LogP contribution in [0.3, 0.4) is 0 Å². The smallest absolute Gasteiger partial charge is 0.255 e. The molecule has 25 heavy (non-hydrogen) atoms. The zero-order valence-electron chi connectivity index (χ0n) is 13.5. The fraction of sp³-hybridized carbons (Fsp3) is 0.312. The van der Waals surface area contributed by atoms with Crippen molar-refractivity contribution in [1.29, 1.82) is 0 Å². The van der Waals surface area contributed by atoms with Crippen LogP contribution in [0, 0.1) is 0 Å². The molecule has 0 saturated carbocycles. The largest absolute Gasteiger partial charge is 0.497 e. The second kappa shape index (κ2) is 7.45. The average Bonchev–Trinajstić information content (AvgIpc) is 3.17. The highest BCUT2D eigenvalue weighted by atomic mass is 79.9. The summed E-state index contributed by atoms with van der Waals surface area (Å²) in [5.74, 6) is 0.462. The Hall–Kier alpha value is -1.42. The van der Waals surface area contributed by atoms with Crippen molar-refractivity contribution >= 4 is 43.2 Å². The van der Waals surface area contributed by atoms with Crippen molar-refractivity contribution in [2.75, 3.05) is 33.3 Å². The molecular weight excluding hydrogens is 428 g/mol. The second-order valence-electron chi connectivity index (χ2n) is 5.50. The van der Waals surface area contributed by atoms with Gasteiger partial charge in [0, 0.05) is 36.0 Å². The first-order valence-corrected chi connectivity index (χ1v) is 10.8. The van der Waals surface area contributed by atoms with Gasteiger partial charge in [0.05, 0.1) is 17.6 Å². The number of thiophene rings is 1. The standard InChI is InChI=1S/C16H17BrN2O4S2/c1-23-12-2-3-15(17)14(10-12)16(20)18-5-7-19(8-6-18)25(21,22)13-4-9-24-11-13/h2-4,9-11H,5-8H2,1H3. The van der Waals surface area contributed by atoms with Crippen molar-refractivity contribution in [2.24, 2.45) is 0 Å². The Labute approximate surface area is 159 Å². The fourth-order valence-corrected chi connectivity index (χ4v) is 5.50. The van der Waals surface area contributed by atoms with Crippen molar-refractivity contribution in [3.63, 3.8) is 0 Å². The van der Waals surface area contributed by atoms with E-state index in [2.05, 4.69) is 15.9 Å². The number of hydrogen-bond acceptors (Lipinski definition) is 5. The van der Waals surface area contributed by atoms with E-state index in [0.717, 1.165) is 0 Å². The molecular formula is C16H17BrN2O4S2. The molecule has 134 valence electrons. The quantitative estimate of drug-likeness (QED) is 0.726. The summed E-state index contributed by atoms with van der Waals surface area (Å²) < 4.78 is 32.4. The molecule has 2 heterocycles. The van der Waals surface area contributed by atoms with Crippen LogP contribution in [0.1, 0.15) is 10.4 Å². The van der Waals surface area contributed by atoms with Gasteiger partial charge in [0.1, 0.15) is 5.75 Å². The highest BCUT2D eigenvalue weighted by Crippen LogP contribution is 2.25.